The van der Waals surface area contributed by atoms with Crippen LogP contribution >= 0.6 is 0 Å². The molecule has 0 spiro atoms. The molecule has 0 heterocycles. The summed E-state index contributed by atoms with van der Waals surface area (Å²) in [6, 6.07) is 6.76. The van der Waals surface area contributed by atoms with E-state index in [0.29, 0.717) is 5.92 Å². The van der Waals surface area contributed by atoms with Crippen molar-refractivity contribution in [3.05, 3.63) is 29.8 Å². The Balaban J connectivity index is 2.56. The Morgan fingerprint density at radius 2 is 1.95 bits per heavy atom. The Bertz CT molecular complexity index is 553. The van der Waals surface area contributed by atoms with E-state index < -0.39 is 22.6 Å². The van der Waals surface area contributed by atoms with Crippen molar-refractivity contribution in [2.45, 2.75) is 31.1 Å². The van der Waals surface area contributed by atoms with Gasteiger partial charge in [0.15, 0.2) is 0 Å². The van der Waals surface area contributed by atoms with Gasteiger partial charge >= 0.3 is 5.97 Å². The van der Waals surface area contributed by atoms with Crippen LogP contribution in [0.15, 0.2) is 29.2 Å². The molecule has 1 aromatic rings. The van der Waals surface area contributed by atoms with Gasteiger partial charge in [0.05, 0.1) is 11.5 Å². The molecule has 1 aromatic carbocycles. The molecule has 1 unspecified atom stereocenters. The van der Waals surface area contributed by atoms with Crippen molar-refractivity contribution in [2.75, 3.05) is 19.8 Å². The smallest absolute Gasteiger partial charge is 0.329 e. The summed E-state index contributed by atoms with van der Waals surface area (Å²) >= 11 is 0. The first-order chi connectivity index (χ1) is 9.86. The molecule has 2 N–H and O–H groups in total. The quantitative estimate of drug-likeness (QED) is 0.675. The largest absolute Gasteiger partial charge is 0.480 e. The Morgan fingerprint density at radius 3 is 2.48 bits per heavy atom. The Kier molecular flexibility index (Phi) is 6.80. The highest BCUT2D eigenvalue weighted by molar-refractivity contribution is 7.89. The molecule has 1 atom stereocenters. The van der Waals surface area contributed by atoms with Crippen LogP contribution < -0.4 is 4.72 Å². The van der Waals surface area contributed by atoms with Crippen LogP contribution in [0.2, 0.25) is 0 Å². The molecule has 0 saturated carbocycles. The number of benzene rings is 1. The van der Waals surface area contributed by atoms with E-state index in [-0.39, 0.29) is 18.0 Å². The molecule has 21 heavy (non-hydrogen) atoms. The Morgan fingerprint density at radius 1 is 1.33 bits per heavy atom. The molecule has 0 aliphatic heterocycles. The van der Waals surface area contributed by atoms with E-state index in [1.165, 1.54) is 0 Å². The summed E-state index contributed by atoms with van der Waals surface area (Å²) in [6.07, 6.45) is 0.991. The zero-order valence-electron chi connectivity index (χ0n) is 12.2. The number of hydrogen-bond donors (Lipinski definition) is 2. The van der Waals surface area contributed by atoms with Crippen molar-refractivity contribution in [1.29, 1.82) is 0 Å². The van der Waals surface area contributed by atoms with Gasteiger partial charge in [-0.1, -0.05) is 26.0 Å². The molecule has 0 radical (unpaired) electrons. The third-order valence-corrected chi connectivity index (χ3v) is 4.61. The SMILES string of the molecule is CCC(C)c1ccc(S(=O)(=O)NCCOCC(=O)O)cc1. The van der Waals surface area contributed by atoms with Crippen molar-refractivity contribution >= 4 is 16.0 Å². The van der Waals surface area contributed by atoms with Crippen LogP contribution in [0.4, 0.5) is 0 Å². The predicted molar refractivity (Wildman–Crippen MR) is 78.8 cm³/mol. The maximum Gasteiger partial charge on any atom is 0.329 e. The molecular weight excluding hydrogens is 294 g/mol. The van der Waals surface area contributed by atoms with E-state index in [2.05, 4.69) is 18.6 Å². The Labute approximate surface area is 125 Å². The van der Waals surface area contributed by atoms with E-state index >= 15 is 0 Å². The normalized spacial score (nSPS) is 13.0. The molecule has 0 aliphatic carbocycles. The Hall–Kier alpha value is -1.44. The molecule has 0 fully saturated rings. The second-order valence-electron chi connectivity index (χ2n) is 4.72. The van der Waals surface area contributed by atoms with E-state index in [9.17, 15) is 13.2 Å². The summed E-state index contributed by atoms with van der Waals surface area (Å²) in [6.45, 7) is 3.76. The topological polar surface area (TPSA) is 92.7 Å². The minimum absolute atomic E-state index is 0.0104. The maximum absolute atomic E-state index is 12.0. The van der Waals surface area contributed by atoms with Crippen molar-refractivity contribution in [2.24, 2.45) is 0 Å². The van der Waals surface area contributed by atoms with E-state index in [1.807, 2.05) is 12.1 Å². The molecule has 0 amide bonds. The number of carbonyl (C=O) groups is 1. The van der Waals surface area contributed by atoms with Crippen LogP contribution in [-0.2, 0) is 19.6 Å². The fourth-order valence-corrected chi connectivity index (χ4v) is 2.72. The fraction of sp³-hybridized carbons (Fsp3) is 0.500. The number of nitrogens with one attached hydrogen (secondary N) is 1. The lowest BCUT2D eigenvalue weighted by Gasteiger charge is -2.11. The zero-order chi connectivity index (χ0) is 15.9. The van der Waals surface area contributed by atoms with Crippen LogP contribution in [0.3, 0.4) is 0 Å². The standard InChI is InChI=1S/C14H21NO5S/c1-3-11(2)12-4-6-13(7-5-12)21(18,19)15-8-9-20-10-14(16)17/h4-7,11,15H,3,8-10H2,1-2H3,(H,16,17). The van der Waals surface area contributed by atoms with Gasteiger partial charge < -0.3 is 9.84 Å². The summed E-state index contributed by atoms with van der Waals surface area (Å²) in [7, 11) is -3.59. The molecular formula is C14H21NO5S. The van der Waals surface area contributed by atoms with Gasteiger partial charge in [-0.3, -0.25) is 0 Å². The average molecular weight is 315 g/mol. The lowest BCUT2D eigenvalue weighted by Crippen LogP contribution is -2.28. The maximum atomic E-state index is 12.0. The lowest BCUT2D eigenvalue weighted by atomic mass is 9.99. The summed E-state index contributed by atoms with van der Waals surface area (Å²) in [5.41, 5.74) is 1.10. The van der Waals surface area contributed by atoms with E-state index in [1.54, 1.807) is 12.1 Å². The fourth-order valence-electron chi connectivity index (χ4n) is 1.70. The van der Waals surface area contributed by atoms with Gasteiger partial charge in [-0.25, -0.2) is 17.9 Å². The van der Waals surface area contributed by atoms with Gasteiger partial charge in [0.2, 0.25) is 10.0 Å². The summed E-state index contributed by atoms with van der Waals surface area (Å²) in [5.74, 6) is -0.697. The first kappa shape index (κ1) is 17.6. The molecule has 7 heteroatoms. The molecule has 6 nitrogen and oxygen atoms in total. The second-order valence-corrected chi connectivity index (χ2v) is 6.49. The number of carboxylic acids is 1. The average Bonchev–Trinajstić information content (AvgIpc) is 2.45. The van der Waals surface area contributed by atoms with Crippen LogP contribution in [-0.4, -0.2) is 39.3 Å². The molecule has 0 aliphatic rings. The molecule has 0 saturated heterocycles. The number of ether oxygens (including phenoxy) is 1. The molecule has 0 bridgehead atoms. The number of aliphatic carboxylic acids is 1. The number of carboxylic acid groups (broad SMARTS) is 1. The first-order valence-corrected chi connectivity index (χ1v) is 8.24. The molecule has 118 valence electrons. The predicted octanol–water partition coefficient (Wildman–Crippen LogP) is 1.58. The van der Waals surface area contributed by atoms with Gasteiger partial charge in [0, 0.05) is 6.54 Å². The zero-order valence-corrected chi connectivity index (χ0v) is 13.0. The first-order valence-electron chi connectivity index (χ1n) is 6.76. The van der Waals surface area contributed by atoms with Crippen molar-refractivity contribution in [3.8, 4) is 0 Å². The molecule has 1 rings (SSSR count). The van der Waals surface area contributed by atoms with Crippen molar-refractivity contribution < 1.29 is 23.1 Å². The lowest BCUT2D eigenvalue weighted by molar-refractivity contribution is -0.142. The van der Waals surface area contributed by atoms with Gasteiger partial charge in [0.1, 0.15) is 6.61 Å². The third-order valence-electron chi connectivity index (χ3n) is 3.14. The van der Waals surface area contributed by atoms with Crippen LogP contribution in [0, 0.1) is 0 Å². The van der Waals surface area contributed by atoms with Crippen LogP contribution in [0.25, 0.3) is 0 Å². The van der Waals surface area contributed by atoms with Gasteiger partial charge in [0.25, 0.3) is 0 Å². The minimum atomic E-state index is -3.59. The van der Waals surface area contributed by atoms with Gasteiger partial charge in [-0.15, -0.1) is 0 Å². The highest BCUT2D eigenvalue weighted by atomic mass is 32.2. The van der Waals surface area contributed by atoms with Crippen molar-refractivity contribution in [3.63, 3.8) is 0 Å². The highest BCUT2D eigenvalue weighted by Crippen LogP contribution is 2.20. The second kappa shape index (κ2) is 8.11. The third kappa shape index (κ3) is 5.82. The highest BCUT2D eigenvalue weighted by Gasteiger charge is 2.14. The number of hydrogen-bond acceptors (Lipinski definition) is 4. The van der Waals surface area contributed by atoms with Crippen molar-refractivity contribution in [1.82, 2.24) is 4.72 Å². The molecule has 0 aromatic heterocycles. The summed E-state index contributed by atoms with van der Waals surface area (Å²) in [5, 5.41) is 8.38. The minimum Gasteiger partial charge on any atom is -0.480 e. The van der Waals surface area contributed by atoms with E-state index in [0.717, 1.165) is 12.0 Å². The van der Waals surface area contributed by atoms with Crippen LogP contribution in [0.1, 0.15) is 31.7 Å². The summed E-state index contributed by atoms with van der Waals surface area (Å²) < 4.78 is 31.1. The van der Waals surface area contributed by atoms with Crippen LogP contribution in [0.5, 0.6) is 0 Å². The van der Waals surface area contributed by atoms with Gasteiger partial charge in [-0.2, -0.15) is 0 Å². The number of rotatable bonds is 9. The van der Waals surface area contributed by atoms with Gasteiger partial charge in [-0.05, 0) is 30.0 Å². The monoisotopic (exact) mass is 315 g/mol. The van der Waals surface area contributed by atoms with E-state index in [4.69, 9.17) is 9.84 Å². The summed E-state index contributed by atoms with van der Waals surface area (Å²) in [4.78, 5) is 10.4. The number of sulfonamides is 1.